The molecule has 0 fully saturated rings. The number of halogens is 1. The third-order valence-corrected chi connectivity index (χ3v) is 3.83. The number of ether oxygens (including phenoxy) is 2. The monoisotopic (exact) mass is 389 g/mol. The van der Waals surface area contributed by atoms with Gasteiger partial charge in [0.1, 0.15) is 6.61 Å². The standard InChI is InChI=1S/C19H20BrNO3/c1-2-12-23-14-18(16-8-10-17(20)11-9-16)21-19(22)24-13-15-6-4-3-5-7-15/h2-11,18H,1,12-14H2,(H,21,22)/t18-/m0/s1. The van der Waals surface area contributed by atoms with E-state index in [2.05, 4.69) is 27.8 Å². The summed E-state index contributed by atoms with van der Waals surface area (Å²) in [6.45, 7) is 4.62. The molecule has 0 aliphatic heterocycles. The maximum Gasteiger partial charge on any atom is 0.408 e. The van der Waals surface area contributed by atoms with E-state index in [0.29, 0.717) is 13.2 Å². The minimum atomic E-state index is -0.478. The van der Waals surface area contributed by atoms with Gasteiger partial charge in [-0.25, -0.2) is 4.79 Å². The van der Waals surface area contributed by atoms with Gasteiger partial charge in [0.25, 0.3) is 0 Å². The Balaban J connectivity index is 1.94. The van der Waals surface area contributed by atoms with Crippen molar-refractivity contribution in [3.8, 4) is 0 Å². The second kappa shape index (κ2) is 9.90. The van der Waals surface area contributed by atoms with Gasteiger partial charge in [0, 0.05) is 4.47 Å². The van der Waals surface area contributed by atoms with Gasteiger partial charge in [-0.15, -0.1) is 6.58 Å². The number of alkyl carbamates (subject to hydrolysis) is 1. The lowest BCUT2D eigenvalue weighted by Crippen LogP contribution is -2.32. The van der Waals surface area contributed by atoms with E-state index in [0.717, 1.165) is 15.6 Å². The second-order valence-corrected chi connectivity index (χ2v) is 6.05. The molecule has 0 aromatic heterocycles. The molecular weight excluding hydrogens is 370 g/mol. The van der Waals surface area contributed by atoms with Crippen molar-refractivity contribution in [1.29, 1.82) is 0 Å². The average molecular weight is 390 g/mol. The normalized spacial score (nSPS) is 11.5. The molecule has 1 N–H and O–H groups in total. The number of benzene rings is 2. The van der Waals surface area contributed by atoms with Crippen molar-refractivity contribution >= 4 is 22.0 Å². The van der Waals surface area contributed by atoms with E-state index in [9.17, 15) is 4.79 Å². The van der Waals surface area contributed by atoms with Crippen molar-refractivity contribution in [1.82, 2.24) is 5.32 Å². The lowest BCUT2D eigenvalue weighted by molar-refractivity contribution is 0.111. The highest BCUT2D eigenvalue weighted by atomic mass is 79.9. The fourth-order valence-electron chi connectivity index (χ4n) is 2.09. The van der Waals surface area contributed by atoms with Gasteiger partial charge < -0.3 is 14.8 Å². The Morgan fingerprint density at radius 2 is 1.88 bits per heavy atom. The van der Waals surface area contributed by atoms with Crippen molar-refractivity contribution in [2.45, 2.75) is 12.6 Å². The Labute approximate surface area is 150 Å². The highest BCUT2D eigenvalue weighted by Crippen LogP contribution is 2.18. The molecule has 24 heavy (non-hydrogen) atoms. The Morgan fingerprint density at radius 1 is 1.17 bits per heavy atom. The van der Waals surface area contributed by atoms with Gasteiger partial charge in [-0.2, -0.15) is 0 Å². The Kier molecular flexibility index (Phi) is 7.52. The van der Waals surface area contributed by atoms with Gasteiger partial charge in [-0.3, -0.25) is 0 Å². The Bertz CT molecular complexity index is 643. The van der Waals surface area contributed by atoms with Crippen LogP contribution in [0.3, 0.4) is 0 Å². The smallest absolute Gasteiger partial charge is 0.408 e. The summed E-state index contributed by atoms with van der Waals surface area (Å²) in [6.07, 6.45) is 1.20. The number of amides is 1. The van der Waals surface area contributed by atoms with Crippen LogP contribution >= 0.6 is 15.9 Å². The lowest BCUT2D eigenvalue weighted by Gasteiger charge is -2.19. The number of hydrogen-bond acceptors (Lipinski definition) is 3. The van der Waals surface area contributed by atoms with E-state index < -0.39 is 6.09 Å². The maximum atomic E-state index is 12.1. The molecule has 0 saturated heterocycles. The maximum absolute atomic E-state index is 12.1. The van der Waals surface area contributed by atoms with Crippen molar-refractivity contribution < 1.29 is 14.3 Å². The molecule has 0 heterocycles. The Hall–Kier alpha value is -2.11. The first-order valence-electron chi connectivity index (χ1n) is 7.60. The topological polar surface area (TPSA) is 47.6 Å². The van der Waals surface area contributed by atoms with Gasteiger partial charge in [0.2, 0.25) is 0 Å². The first-order chi connectivity index (χ1) is 11.7. The fraction of sp³-hybridized carbons (Fsp3) is 0.211. The highest BCUT2D eigenvalue weighted by Gasteiger charge is 2.16. The summed E-state index contributed by atoms with van der Waals surface area (Å²) in [6, 6.07) is 17.0. The molecule has 1 amide bonds. The molecule has 0 spiro atoms. The van der Waals surface area contributed by atoms with E-state index in [4.69, 9.17) is 9.47 Å². The lowest BCUT2D eigenvalue weighted by atomic mass is 10.1. The third-order valence-electron chi connectivity index (χ3n) is 3.30. The second-order valence-electron chi connectivity index (χ2n) is 5.14. The van der Waals surface area contributed by atoms with Crippen LogP contribution in [0.1, 0.15) is 17.2 Å². The van der Waals surface area contributed by atoms with E-state index >= 15 is 0 Å². The zero-order valence-electron chi connectivity index (χ0n) is 13.3. The van der Waals surface area contributed by atoms with Crippen molar-refractivity contribution in [3.63, 3.8) is 0 Å². The van der Waals surface area contributed by atoms with Crippen LogP contribution in [0, 0.1) is 0 Å². The van der Waals surface area contributed by atoms with Gasteiger partial charge >= 0.3 is 6.09 Å². The van der Waals surface area contributed by atoms with Gasteiger partial charge in [0.05, 0.1) is 19.3 Å². The summed E-state index contributed by atoms with van der Waals surface area (Å²) in [5, 5.41) is 2.85. The summed E-state index contributed by atoms with van der Waals surface area (Å²) in [5.74, 6) is 0. The largest absolute Gasteiger partial charge is 0.445 e. The predicted octanol–water partition coefficient (Wildman–Crippen LogP) is 4.62. The molecule has 0 radical (unpaired) electrons. The summed E-state index contributed by atoms with van der Waals surface area (Å²) >= 11 is 3.40. The fourth-order valence-corrected chi connectivity index (χ4v) is 2.36. The van der Waals surface area contributed by atoms with E-state index in [1.54, 1.807) is 6.08 Å². The average Bonchev–Trinajstić information content (AvgIpc) is 2.61. The number of rotatable bonds is 8. The van der Waals surface area contributed by atoms with Crippen molar-refractivity contribution in [3.05, 3.63) is 82.9 Å². The first kappa shape index (κ1) is 18.2. The quantitative estimate of drug-likeness (QED) is 0.529. The van der Waals surface area contributed by atoms with Crippen molar-refractivity contribution in [2.75, 3.05) is 13.2 Å². The molecule has 0 unspecified atom stereocenters. The number of hydrogen-bond donors (Lipinski definition) is 1. The van der Waals surface area contributed by atoms with Crippen LogP contribution in [-0.2, 0) is 16.1 Å². The highest BCUT2D eigenvalue weighted by molar-refractivity contribution is 9.10. The molecule has 0 aliphatic rings. The SMILES string of the molecule is C=CCOC[C@H](NC(=O)OCc1ccccc1)c1ccc(Br)cc1. The van der Waals surface area contributed by atoms with Crippen LogP contribution in [0.4, 0.5) is 4.79 Å². The van der Waals surface area contributed by atoms with Crippen LogP contribution in [0.25, 0.3) is 0 Å². The third kappa shape index (κ3) is 6.18. The molecule has 0 saturated carbocycles. The number of nitrogens with one attached hydrogen (secondary N) is 1. The molecule has 126 valence electrons. The minimum absolute atomic E-state index is 0.229. The summed E-state index contributed by atoms with van der Waals surface area (Å²) in [7, 11) is 0. The zero-order valence-corrected chi connectivity index (χ0v) is 14.9. The van der Waals surface area contributed by atoms with Gasteiger partial charge in [-0.1, -0.05) is 64.5 Å². The van der Waals surface area contributed by atoms with Crippen LogP contribution in [0.2, 0.25) is 0 Å². The van der Waals surface area contributed by atoms with Gasteiger partial charge in [0.15, 0.2) is 0 Å². The summed E-state index contributed by atoms with van der Waals surface area (Å²) in [4.78, 5) is 12.1. The van der Waals surface area contributed by atoms with E-state index in [-0.39, 0.29) is 12.6 Å². The Morgan fingerprint density at radius 3 is 2.54 bits per heavy atom. The number of carbonyl (C=O) groups is 1. The molecule has 2 aromatic carbocycles. The van der Waals surface area contributed by atoms with Crippen LogP contribution in [0.15, 0.2) is 71.7 Å². The molecule has 0 aliphatic carbocycles. The minimum Gasteiger partial charge on any atom is -0.445 e. The van der Waals surface area contributed by atoms with Crippen LogP contribution in [0.5, 0.6) is 0 Å². The van der Waals surface area contributed by atoms with Crippen molar-refractivity contribution in [2.24, 2.45) is 0 Å². The molecule has 2 aromatic rings. The number of carbonyl (C=O) groups excluding carboxylic acids is 1. The molecule has 2 rings (SSSR count). The van der Waals surface area contributed by atoms with Crippen LogP contribution in [-0.4, -0.2) is 19.3 Å². The van der Waals surface area contributed by atoms with E-state index in [1.807, 2.05) is 54.6 Å². The molecule has 5 heteroatoms. The zero-order chi connectivity index (χ0) is 17.2. The molecule has 4 nitrogen and oxygen atoms in total. The molecule has 0 bridgehead atoms. The predicted molar refractivity (Wildman–Crippen MR) is 97.7 cm³/mol. The molecule has 1 atom stereocenters. The van der Waals surface area contributed by atoms with Gasteiger partial charge in [-0.05, 0) is 23.3 Å². The summed E-state index contributed by atoms with van der Waals surface area (Å²) in [5.41, 5.74) is 1.88. The molecular formula is C19H20BrNO3. The summed E-state index contributed by atoms with van der Waals surface area (Å²) < 4.78 is 11.7. The van der Waals surface area contributed by atoms with Crippen LogP contribution < -0.4 is 5.32 Å². The van der Waals surface area contributed by atoms with E-state index in [1.165, 1.54) is 0 Å². The first-order valence-corrected chi connectivity index (χ1v) is 8.39.